The summed E-state index contributed by atoms with van der Waals surface area (Å²) >= 11 is 0. The Morgan fingerprint density at radius 3 is 1.86 bits per heavy atom. The first kappa shape index (κ1) is 13.3. The molecule has 3 heteroatoms. The minimum Gasteiger partial charge on any atom is -0.416 e. The second-order valence-corrected chi connectivity index (χ2v) is 4.90. The van der Waals surface area contributed by atoms with Crippen molar-refractivity contribution >= 4 is 6.08 Å². The highest BCUT2D eigenvalue weighted by molar-refractivity contribution is 5.60. The molecular formula is C18H16N2O. The predicted octanol–water partition coefficient (Wildman–Crippen LogP) is 4.75. The predicted molar refractivity (Wildman–Crippen MR) is 84.6 cm³/mol. The topological polar surface area (TPSA) is 38.9 Å². The molecule has 0 unspecified atom stereocenters. The Labute approximate surface area is 124 Å². The number of allylic oxidation sites excluding steroid dienone is 1. The molecule has 0 saturated carbocycles. The van der Waals surface area contributed by atoms with Gasteiger partial charge in [0.05, 0.1) is 0 Å². The maximum atomic E-state index is 5.76. The van der Waals surface area contributed by atoms with Gasteiger partial charge in [0.25, 0.3) is 0 Å². The van der Waals surface area contributed by atoms with Crippen LogP contribution in [-0.2, 0) is 0 Å². The fourth-order valence-corrected chi connectivity index (χ4v) is 2.08. The van der Waals surface area contributed by atoms with Gasteiger partial charge in [0.15, 0.2) is 0 Å². The van der Waals surface area contributed by atoms with E-state index in [4.69, 9.17) is 4.42 Å². The Kier molecular flexibility index (Phi) is 3.65. The van der Waals surface area contributed by atoms with Gasteiger partial charge in [-0.1, -0.05) is 42.0 Å². The molecule has 0 radical (unpaired) electrons. The summed E-state index contributed by atoms with van der Waals surface area (Å²) in [5.41, 5.74) is 4.22. The molecule has 0 aliphatic heterocycles. The third-order valence-corrected chi connectivity index (χ3v) is 3.24. The fraction of sp³-hybridized carbons (Fsp3) is 0.111. The average molecular weight is 276 g/mol. The summed E-state index contributed by atoms with van der Waals surface area (Å²) in [6.07, 6.45) is 4.06. The molecule has 0 fully saturated rings. The minimum absolute atomic E-state index is 0.539. The molecule has 3 aromatic rings. The van der Waals surface area contributed by atoms with Gasteiger partial charge in [0, 0.05) is 11.1 Å². The SMILES string of the molecule is C/C=C/c1ccc(-c2nnc(-c3ccc(C)cc3)o2)cc1. The van der Waals surface area contributed by atoms with Crippen molar-refractivity contribution in [2.24, 2.45) is 0 Å². The molecule has 0 N–H and O–H groups in total. The van der Waals surface area contributed by atoms with Crippen molar-refractivity contribution in [3.8, 4) is 22.9 Å². The van der Waals surface area contributed by atoms with E-state index in [0.717, 1.165) is 16.7 Å². The van der Waals surface area contributed by atoms with Crippen LogP contribution >= 0.6 is 0 Å². The quantitative estimate of drug-likeness (QED) is 0.693. The van der Waals surface area contributed by atoms with Crippen LogP contribution < -0.4 is 0 Å². The van der Waals surface area contributed by atoms with Crippen LogP contribution in [0.3, 0.4) is 0 Å². The zero-order valence-corrected chi connectivity index (χ0v) is 12.1. The number of nitrogens with zero attached hydrogens (tertiary/aromatic N) is 2. The number of hydrogen-bond acceptors (Lipinski definition) is 3. The molecule has 3 rings (SSSR count). The van der Waals surface area contributed by atoms with Crippen LogP contribution in [0.25, 0.3) is 29.0 Å². The van der Waals surface area contributed by atoms with Crippen LogP contribution in [0.4, 0.5) is 0 Å². The Hall–Kier alpha value is -2.68. The first-order valence-corrected chi connectivity index (χ1v) is 6.90. The third kappa shape index (κ3) is 2.92. The van der Waals surface area contributed by atoms with Crippen molar-refractivity contribution in [2.45, 2.75) is 13.8 Å². The van der Waals surface area contributed by atoms with Gasteiger partial charge in [-0.05, 0) is 43.7 Å². The van der Waals surface area contributed by atoms with Crippen molar-refractivity contribution in [2.75, 3.05) is 0 Å². The van der Waals surface area contributed by atoms with Gasteiger partial charge in [0.2, 0.25) is 11.8 Å². The lowest BCUT2D eigenvalue weighted by Crippen LogP contribution is -1.78. The molecular weight excluding hydrogens is 260 g/mol. The van der Waals surface area contributed by atoms with Crippen molar-refractivity contribution < 1.29 is 4.42 Å². The highest BCUT2D eigenvalue weighted by Crippen LogP contribution is 2.24. The zero-order chi connectivity index (χ0) is 14.7. The van der Waals surface area contributed by atoms with E-state index in [1.807, 2.05) is 61.5 Å². The van der Waals surface area contributed by atoms with Gasteiger partial charge < -0.3 is 4.42 Å². The Bertz CT molecular complexity index is 753. The van der Waals surface area contributed by atoms with Crippen LogP contribution in [0, 0.1) is 6.92 Å². The van der Waals surface area contributed by atoms with E-state index in [2.05, 4.69) is 23.2 Å². The monoisotopic (exact) mass is 276 g/mol. The standard InChI is InChI=1S/C18H16N2O/c1-3-4-14-7-11-16(12-8-14)18-20-19-17(21-18)15-9-5-13(2)6-10-15/h3-12H,1-2H3/b4-3+. The number of aromatic nitrogens is 2. The highest BCUT2D eigenvalue weighted by atomic mass is 16.4. The van der Waals surface area contributed by atoms with E-state index in [1.165, 1.54) is 5.56 Å². The first-order chi connectivity index (χ1) is 10.3. The molecule has 104 valence electrons. The zero-order valence-electron chi connectivity index (χ0n) is 12.1. The number of benzene rings is 2. The van der Waals surface area contributed by atoms with Crippen LogP contribution in [0.5, 0.6) is 0 Å². The summed E-state index contributed by atoms with van der Waals surface area (Å²) in [5.74, 6) is 1.08. The molecule has 0 amide bonds. The van der Waals surface area contributed by atoms with E-state index in [-0.39, 0.29) is 0 Å². The van der Waals surface area contributed by atoms with Gasteiger partial charge in [-0.25, -0.2) is 0 Å². The first-order valence-electron chi connectivity index (χ1n) is 6.90. The summed E-state index contributed by atoms with van der Waals surface area (Å²) in [7, 11) is 0. The molecule has 0 spiro atoms. The van der Waals surface area contributed by atoms with Gasteiger partial charge >= 0.3 is 0 Å². The number of rotatable bonds is 3. The Morgan fingerprint density at radius 1 is 0.810 bits per heavy atom. The fourth-order valence-electron chi connectivity index (χ4n) is 2.08. The maximum Gasteiger partial charge on any atom is 0.248 e. The molecule has 1 aromatic heterocycles. The normalized spacial score (nSPS) is 11.1. The number of aryl methyl sites for hydroxylation is 1. The highest BCUT2D eigenvalue weighted by Gasteiger charge is 2.09. The summed E-state index contributed by atoms with van der Waals surface area (Å²) in [5, 5.41) is 8.25. The van der Waals surface area contributed by atoms with Crippen molar-refractivity contribution in [1.29, 1.82) is 0 Å². The van der Waals surface area contributed by atoms with E-state index in [1.54, 1.807) is 0 Å². The lowest BCUT2D eigenvalue weighted by Gasteiger charge is -1.97. The van der Waals surface area contributed by atoms with Crippen molar-refractivity contribution in [3.05, 3.63) is 65.7 Å². The number of hydrogen-bond donors (Lipinski definition) is 0. The van der Waals surface area contributed by atoms with Crippen LogP contribution in [0.2, 0.25) is 0 Å². The second kappa shape index (κ2) is 5.75. The molecule has 21 heavy (non-hydrogen) atoms. The van der Waals surface area contributed by atoms with Crippen molar-refractivity contribution in [1.82, 2.24) is 10.2 Å². The molecule has 0 bridgehead atoms. The Balaban J connectivity index is 1.89. The molecule has 0 saturated heterocycles. The maximum absolute atomic E-state index is 5.76. The lowest BCUT2D eigenvalue weighted by molar-refractivity contribution is 0.584. The molecule has 0 atom stereocenters. The average Bonchev–Trinajstić information content (AvgIpc) is 2.99. The summed E-state index contributed by atoms with van der Waals surface area (Å²) < 4.78 is 5.76. The Morgan fingerprint density at radius 2 is 1.33 bits per heavy atom. The smallest absolute Gasteiger partial charge is 0.248 e. The third-order valence-electron chi connectivity index (χ3n) is 3.24. The molecule has 1 heterocycles. The van der Waals surface area contributed by atoms with Gasteiger partial charge in [-0.15, -0.1) is 10.2 Å². The van der Waals surface area contributed by atoms with Crippen LogP contribution in [0.15, 0.2) is 59.0 Å². The second-order valence-electron chi connectivity index (χ2n) is 4.90. The van der Waals surface area contributed by atoms with Crippen LogP contribution in [-0.4, -0.2) is 10.2 Å². The van der Waals surface area contributed by atoms with Gasteiger partial charge in [0.1, 0.15) is 0 Å². The largest absolute Gasteiger partial charge is 0.416 e. The van der Waals surface area contributed by atoms with E-state index in [9.17, 15) is 0 Å². The summed E-state index contributed by atoms with van der Waals surface area (Å²) in [4.78, 5) is 0. The lowest BCUT2D eigenvalue weighted by atomic mass is 10.1. The van der Waals surface area contributed by atoms with Gasteiger partial charge in [-0.2, -0.15) is 0 Å². The molecule has 0 aliphatic carbocycles. The van der Waals surface area contributed by atoms with Crippen LogP contribution in [0.1, 0.15) is 18.1 Å². The minimum atomic E-state index is 0.539. The summed E-state index contributed by atoms with van der Waals surface area (Å²) in [6, 6.07) is 16.1. The van der Waals surface area contributed by atoms with E-state index >= 15 is 0 Å². The van der Waals surface area contributed by atoms with Gasteiger partial charge in [-0.3, -0.25) is 0 Å². The molecule has 0 aliphatic rings. The molecule has 3 nitrogen and oxygen atoms in total. The summed E-state index contributed by atoms with van der Waals surface area (Å²) in [6.45, 7) is 4.05. The van der Waals surface area contributed by atoms with Crippen molar-refractivity contribution in [3.63, 3.8) is 0 Å². The van der Waals surface area contributed by atoms with E-state index < -0.39 is 0 Å². The van der Waals surface area contributed by atoms with E-state index in [0.29, 0.717) is 11.8 Å². The molecule has 2 aromatic carbocycles.